The molecule has 0 heterocycles. The molecule has 8 heteroatoms. The fourth-order valence-electron chi connectivity index (χ4n) is 3.07. The Morgan fingerprint density at radius 2 is 1.81 bits per heavy atom. The van der Waals surface area contributed by atoms with E-state index in [9.17, 15) is 22.9 Å². The number of phenols is 1. The molecule has 2 unspecified atom stereocenters. The molecule has 0 aliphatic rings. The van der Waals surface area contributed by atoms with Crippen LogP contribution in [0.2, 0.25) is 0 Å². The van der Waals surface area contributed by atoms with Gasteiger partial charge in [0.05, 0.1) is 15.7 Å². The molecular formula is C23H28F2N2O3S. The van der Waals surface area contributed by atoms with Gasteiger partial charge in [0.2, 0.25) is 0 Å². The van der Waals surface area contributed by atoms with E-state index < -0.39 is 45.1 Å². The van der Waals surface area contributed by atoms with E-state index in [-0.39, 0.29) is 17.9 Å². The van der Waals surface area contributed by atoms with Gasteiger partial charge in [0, 0.05) is 29.8 Å². The van der Waals surface area contributed by atoms with Gasteiger partial charge >= 0.3 is 0 Å². The number of halogens is 2. The van der Waals surface area contributed by atoms with Crippen molar-refractivity contribution in [2.75, 3.05) is 6.54 Å². The maximum absolute atomic E-state index is 14.8. The van der Waals surface area contributed by atoms with Crippen molar-refractivity contribution in [3.05, 3.63) is 64.7 Å². The molecule has 168 valence electrons. The third-order valence-corrected chi connectivity index (χ3v) is 6.23. The molecule has 0 spiro atoms. The molecule has 0 saturated heterocycles. The van der Waals surface area contributed by atoms with Crippen LogP contribution >= 0.6 is 0 Å². The zero-order chi connectivity index (χ0) is 23.3. The standard InChI is InChI=1S/C23H28F2N2O3S/c1-14-10-18(24)21(19(25)11-14)17(13-27-31(30)23(3,4)5)22(15(2)28)26-12-16-8-6-7-9-20(16)29/h6-12,17,22,27,29H,13H2,1-5H3/t17?,22?,31-/m1/s1. The number of hydrogen-bond acceptors (Lipinski definition) is 4. The fourth-order valence-corrected chi connectivity index (χ4v) is 3.83. The minimum Gasteiger partial charge on any atom is -0.507 e. The third-order valence-electron chi connectivity index (χ3n) is 4.69. The normalized spacial score (nSPS) is 15.1. The highest BCUT2D eigenvalue weighted by Crippen LogP contribution is 2.29. The van der Waals surface area contributed by atoms with Crippen molar-refractivity contribution in [3.8, 4) is 5.75 Å². The SMILES string of the molecule is CC(=O)C(N=Cc1ccccc1O)C(CN[S@](=O)C(C)(C)C)c1c(F)cc(C)cc1F. The van der Waals surface area contributed by atoms with Gasteiger partial charge in [0.15, 0.2) is 5.78 Å². The van der Waals surface area contributed by atoms with E-state index in [1.807, 2.05) is 0 Å². The molecular weight excluding hydrogens is 422 g/mol. The molecule has 0 aromatic heterocycles. The van der Waals surface area contributed by atoms with Gasteiger partial charge in [-0.2, -0.15) is 0 Å². The predicted octanol–water partition coefficient (Wildman–Crippen LogP) is 4.19. The van der Waals surface area contributed by atoms with E-state index in [4.69, 9.17) is 0 Å². The molecule has 3 atom stereocenters. The number of Topliss-reactive ketones (excluding diaryl/α,β-unsaturated/α-hetero) is 1. The summed E-state index contributed by atoms with van der Waals surface area (Å²) in [5.74, 6) is -3.10. The highest BCUT2D eigenvalue weighted by atomic mass is 32.2. The number of carbonyl (C=O) groups is 1. The highest BCUT2D eigenvalue weighted by molar-refractivity contribution is 7.84. The van der Waals surface area contributed by atoms with E-state index in [1.54, 1.807) is 45.9 Å². The average Bonchev–Trinajstić information content (AvgIpc) is 2.64. The van der Waals surface area contributed by atoms with Gasteiger partial charge in [0.25, 0.3) is 0 Å². The van der Waals surface area contributed by atoms with Crippen molar-refractivity contribution >= 4 is 23.0 Å². The van der Waals surface area contributed by atoms with Crippen LogP contribution in [0.5, 0.6) is 5.75 Å². The van der Waals surface area contributed by atoms with Crippen LogP contribution in [0, 0.1) is 18.6 Å². The van der Waals surface area contributed by atoms with Crippen molar-refractivity contribution in [1.29, 1.82) is 0 Å². The van der Waals surface area contributed by atoms with Crippen molar-refractivity contribution in [1.82, 2.24) is 4.72 Å². The maximum atomic E-state index is 14.8. The Labute approximate surface area is 184 Å². The van der Waals surface area contributed by atoms with E-state index in [1.165, 1.54) is 31.3 Å². The predicted molar refractivity (Wildman–Crippen MR) is 120 cm³/mol. The molecule has 2 aromatic carbocycles. The lowest BCUT2D eigenvalue weighted by molar-refractivity contribution is -0.118. The van der Waals surface area contributed by atoms with Crippen LogP contribution in [0.4, 0.5) is 8.78 Å². The molecule has 2 N–H and O–H groups in total. The quantitative estimate of drug-likeness (QED) is 0.592. The van der Waals surface area contributed by atoms with Gasteiger partial charge < -0.3 is 5.11 Å². The summed E-state index contributed by atoms with van der Waals surface area (Å²) in [5, 5.41) is 9.95. The van der Waals surface area contributed by atoms with Gasteiger partial charge in [-0.05, 0) is 64.4 Å². The summed E-state index contributed by atoms with van der Waals surface area (Å²) < 4.78 is 44.3. The molecule has 0 fully saturated rings. The number of nitrogens with zero attached hydrogens (tertiary/aromatic N) is 1. The highest BCUT2D eigenvalue weighted by Gasteiger charge is 2.32. The van der Waals surface area contributed by atoms with Crippen LogP contribution in [-0.2, 0) is 15.8 Å². The van der Waals surface area contributed by atoms with Crippen molar-refractivity contribution in [2.24, 2.45) is 4.99 Å². The molecule has 0 bridgehead atoms. The minimum absolute atomic E-state index is 0.0373. The van der Waals surface area contributed by atoms with Gasteiger partial charge in [-0.25, -0.2) is 17.7 Å². The van der Waals surface area contributed by atoms with Crippen molar-refractivity contribution in [3.63, 3.8) is 0 Å². The van der Waals surface area contributed by atoms with Gasteiger partial charge in [0.1, 0.15) is 23.4 Å². The first-order valence-electron chi connectivity index (χ1n) is 9.84. The molecule has 0 aliphatic carbocycles. The lowest BCUT2D eigenvalue weighted by atomic mass is 9.88. The number of benzene rings is 2. The van der Waals surface area contributed by atoms with E-state index in [0.717, 1.165) is 0 Å². The smallest absolute Gasteiger partial charge is 0.154 e. The lowest BCUT2D eigenvalue weighted by Gasteiger charge is -2.26. The number of phenolic OH excluding ortho intramolecular Hbond substituents is 1. The number of aryl methyl sites for hydroxylation is 1. The van der Waals surface area contributed by atoms with Crippen LogP contribution in [0.25, 0.3) is 0 Å². The first kappa shape index (κ1) is 24.8. The number of carbonyl (C=O) groups excluding carboxylic acids is 1. The van der Waals surface area contributed by atoms with Gasteiger partial charge in [-0.1, -0.05) is 12.1 Å². The molecule has 2 rings (SSSR count). The summed E-state index contributed by atoms with van der Waals surface area (Å²) in [6.07, 6.45) is 1.30. The largest absolute Gasteiger partial charge is 0.507 e. The maximum Gasteiger partial charge on any atom is 0.154 e. The molecule has 5 nitrogen and oxygen atoms in total. The fraction of sp³-hybridized carbons (Fsp3) is 0.391. The minimum atomic E-state index is -1.52. The summed E-state index contributed by atoms with van der Waals surface area (Å²) in [4.78, 5) is 16.7. The van der Waals surface area contributed by atoms with Crippen molar-refractivity contribution in [2.45, 2.75) is 51.3 Å². The summed E-state index contributed by atoms with van der Waals surface area (Å²) in [6.45, 7) is 8.00. The monoisotopic (exact) mass is 450 g/mol. The van der Waals surface area contributed by atoms with E-state index in [0.29, 0.717) is 11.1 Å². The number of nitrogens with one attached hydrogen (secondary N) is 1. The molecule has 0 aliphatic heterocycles. The third kappa shape index (κ3) is 6.51. The Bertz CT molecular complexity index is 980. The average molecular weight is 451 g/mol. The number of aliphatic imine (C=N–C) groups is 1. The van der Waals surface area contributed by atoms with Crippen LogP contribution in [0.15, 0.2) is 41.4 Å². The van der Waals surface area contributed by atoms with E-state index >= 15 is 0 Å². The number of hydrogen-bond donors (Lipinski definition) is 2. The first-order valence-corrected chi connectivity index (χ1v) is 11.0. The first-order chi connectivity index (χ1) is 14.4. The Hall–Kier alpha value is -2.45. The molecule has 2 aromatic rings. The molecule has 31 heavy (non-hydrogen) atoms. The number of para-hydroxylation sites is 1. The number of aromatic hydroxyl groups is 1. The Balaban J connectivity index is 2.51. The van der Waals surface area contributed by atoms with E-state index in [2.05, 4.69) is 9.71 Å². The summed E-state index contributed by atoms with van der Waals surface area (Å²) in [6, 6.07) is 7.62. The van der Waals surface area contributed by atoms with Crippen LogP contribution in [0.1, 0.15) is 50.3 Å². The van der Waals surface area contributed by atoms with Crippen LogP contribution in [0.3, 0.4) is 0 Å². The number of rotatable bonds is 8. The summed E-state index contributed by atoms with van der Waals surface area (Å²) in [7, 11) is -1.52. The molecule has 0 amide bonds. The zero-order valence-corrected chi connectivity index (χ0v) is 19.1. The van der Waals surface area contributed by atoms with Gasteiger partial charge in [-0.3, -0.25) is 9.79 Å². The van der Waals surface area contributed by atoms with Crippen molar-refractivity contribution < 1.29 is 22.9 Å². The van der Waals surface area contributed by atoms with Crippen LogP contribution < -0.4 is 4.72 Å². The summed E-state index contributed by atoms with van der Waals surface area (Å²) in [5.41, 5.74) is 0.475. The second-order valence-electron chi connectivity index (χ2n) is 8.37. The number of ketones is 1. The zero-order valence-electron chi connectivity index (χ0n) is 18.3. The Morgan fingerprint density at radius 1 is 1.23 bits per heavy atom. The van der Waals surface area contributed by atoms with Gasteiger partial charge in [-0.15, -0.1) is 0 Å². The van der Waals surface area contributed by atoms with Crippen LogP contribution in [-0.4, -0.2) is 38.6 Å². The topological polar surface area (TPSA) is 78.8 Å². The summed E-state index contributed by atoms with van der Waals surface area (Å²) >= 11 is 0. The molecule has 0 saturated carbocycles. The second-order valence-corrected chi connectivity index (χ2v) is 10.4. The lowest BCUT2D eigenvalue weighted by Crippen LogP contribution is -2.39. The Kier molecular flexibility index (Phi) is 8.20. The Morgan fingerprint density at radius 3 is 2.32 bits per heavy atom. The molecule has 0 radical (unpaired) electrons. The second kappa shape index (κ2) is 10.2.